The van der Waals surface area contributed by atoms with Crippen molar-refractivity contribution in [3.8, 4) is 0 Å². The van der Waals surface area contributed by atoms with Crippen LogP contribution in [0.25, 0.3) is 11.0 Å². The van der Waals surface area contributed by atoms with Crippen molar-refractivity contribution < 1.29 is 14.0 Å². The summed E-state index contributed by atoms with van der Waals surface area (Å²) >= 11 is 12.4. The Bertz CT molecular complexity index is 1460. The maximum atomic E-state index is 14.0. The number of benzene rings is 3. The van der Waals surface area contributed by atoms with Gasteiger partial charge in [0.2, 0.25) is 5.62 Å². The Labute approximate surface area is 211 Å². The van der Waals surface area contributed by atoms with Crippen molar-refractivity contribution in [3.63, 3.8) is 0 Å². The van der Waals surface area contributed by atoms with Crippen molar-refractivity contribution in [3.05, 3.63) is 99.3 Å². The van der Waals surface area contributed by atoms with Crippen LogP contribution in [0, 0.1) is 11.2 Å². The second-order valence-corrected chi connectivity index (χ2v) is 9.00. The molecule has 0 radical (unpaired) electrons. The van der Waals surface area contributed by atoms with Gasteiger partial charge in [-0.3, -0.25) is 15.0 Å². The molecule has 9 heteroatoms. The number of carbonyl (C=O) groups excluding carboxylic acids is 2. The highest BCUT2D eigenvalue weighted by atomic mass is 35.5. The molecule has 180 valence electrons. The van der Waals surface area contributed by atoms with E-state index in [9.17, 15) is 14.0 Å². The zero-order valence-corrected chi connectivity index (χ0v) is 20.5. The number of para-hydroxylation sites is 1. The van der Waals surface area contributed by atoms with Gasteiger partial charge in [-0.25, -0.2) is 4.39 Å². The number of aromatic nitrogens is 2. The standard InChI is InChI=1S/C26H23Cl2FN4O2/c1-31(25(35)19-6-2-3-8-21(19)29)14-5-15-32-24-20(28)7-4-9-22(24)33(26(32)30)16-23(34)17-10-12-18(27)13-11-17/h2-4,6-13,30H,5,14-16H2,1H3. The Hall–Kier alpha value is -3.42. The van der Waals surface area contributed by atoms with Crippen LogP contribution in [0.15, 0.2) is 66.7 Å². The van der Waals surface area contributed by atoms with Gasteiger partial charge in [0, 0.05) is 30.7 Å². The van der Waals surface area contributed by atoms with Crippen molar-refractivity contribution in [1.29, 1.82) is 5.41 Å². The van der Waals surface area contributed by atoms with Gasteiger partial charge in [0.1, 0.15) is 5.82 Å². The summed E-state index contributed by atoms with van der Waals surface area (Å²) in [6.45, 7) is 0.701. The quantitative estimate of drug-likeness (QED) is 0.320. The zero-order chi connectivity index (χ0) is 25.1. The van der Waals surface area contributed by atoms with E-state index >= 15 is 0 Å². The van der Waals surface area contributed by atoms with Gasteiger partial charge < -0.3 is 14.0 Å². The highest BCUT2D eigenvalue weighted by molar-refractivity contribution is 6.35. The van der Waals surface area contributed by atoms with Crippen LogP contribution >= 0.6 is 23.2 Å². The summed E-state index contributed by atoms with van der Waals surface area (Å²) in [7, 11) is 1.61. The second-order valence-electron chi connectivity index (χ2n) is 8.16. The third-order valence-corrected chi connectivity index (χ3v) is 6.39. The number of Topliss-reactive ketones (excluding diaryl/α,β-unsaturated/α-hetero) is 1. The lowest BCUT2D eigenvalue weighted by Crippen LogP contribution is -2.31. The fourth-order valence-corrected chi connectivity index (χ4v) is 4.41. The maximum absolute atomic E-state index is 14.0. The topological polar surface area (TPSA) is 71.1 Å². The molecule has 1 aromatic heterocycles. The van der Waals surface area contributed by atoms with Crippen molar-refractivity contribution >= 4 is 45.9 Å². The van der Waals surface area contributed by atoms with Crippen LogP contribution in [-0.2, 0) is 13.1 Å². The Morgan fingerprint density at radius 3 is 2.40 bits per heavy atom. The monoisotopic (exact) mass is 512 g/mol. The lowest BCUT2D eigenvalue weighted by atomic mass is 10.1. The first kappa shape index (κ1) is 24.7. The third-order valence-electron chi connectivity index (χ3n) is 5.83. The smallest absolute Gasteiger partial charge is 0.256 e. The SMILES string of the molecule is CN(CCCn1c(=N)n(CC(=O)c2ccc(Cl)cc2)c2cccc(Cl)c21)C(=O)c1ccccc1F. The Morgan fingerprint density at radius 2 is 1.69 bits per heavy atom. The minimum Gasteiger partial charge on any atom is -0.342 e. The molecular weight excluding hydrogens is 490 g/mol. The van der Waals surface area contributed by atoms with E-state index in [2.05, 4.69) is 0 Å². The molecule has 0 aliphatic heterocycles. The number of imidazole rings is 1. The minimum absolute atomic E-state index is 0.0178. The summed E-state index contributed by atoms with van der Waals surface area (Å²) in [5.41, 5.74) is 1.95. The molecule has 1 N–H and O–H groups in total. The molecule has 0 atom stereocenters. The molecule has 3 aromatic carbocycles. The van der Waals surface area contributed by atoms with Crippen molar-refractivity contribution in [1.82, 2.24) is 14.0 Å². The Balaban J connectivity index is 1.55. The summed E-state index contributed by atoms with van der Waals surface area (Å²) in [5, 5.41) is 9.76. The number of ketones is 1. The number of halogens is 3. The van der Waals surface area contributed by atoms with E-state index in [1.165, 1.54) is 23.1 Å². The molecule has 1 heterocycles. The van der Waals surface area contributed by atoms with E-state index in [1.807, 2.05) is 6.07 Å². The predicted octanol–water partition coefficient (Wildman–Crippen LogP) is 5.41. The first-order chi connectivity index (χ1) is 16.8. The normalized spacial score (nSPS) is 11.1. The third kappa shape index (κ3) is 5.16. The molecular formula is C26H23Cl2FN4O2. The summed E-state index contributed by atoms with van der Waals surface area (Å²) in [6.07, 6.45) is 0.503. The number of carbonyl (C=O) groups is 2. The predicted molar refractivity (Wildman–Crippen MR) is 135 cm³/mol. The van der Waals surface area contributed by atoms with Gasteiger partial charge in [0.15, 0.2) is 5.78 Å². The fourth-order valence-electron chi connectivity index (χ4n) is 4.01. The molecule has 0 saturated heterocycles. The number of rotatable bonds is 8. The Morgan fingerprint density at radius 1 is 0.971 bits per heavy atom. The molecule has 0 aliphatic rings. The molecule has 4 rings (SSSR count). The number of amides is 1. The van der Waals surface area contributed by atoms with E-state index in [0.29, 0.717) is 46.2 Å². The maximum Gasteiger partial charge on any atom is 0.256 e. The Kier molecular flexibility index (Phi) is 7.38. The van der Waals surface area contributed by atoms with Crippen LogP contribution in [0.3, 0.4) is 0 Å². The number of nitrogens with one attached hydrogen (secondary N) is 1. The summed E-state index contributed by atoms with van der Waals surface area (Å²) in [4.78, 5) is 26.9. The average molecular weight is 513 g/mol. The first-order valence-corrected chi connectivity index (χ1v) is 11.7. The number of fused-ring (bicyclic) bond motifs is 1. The molecule has 0 bridgehead atoms. The lowest BCUT2D eigenvalue weighted by Gasteiger charge is -2.18. The van der Waals surface area contributed by atoms with E-state index in [1.54, 1.807) is 58.6 Å². The fraction of sp³-hybridized carbons (Fsp3) is 0.192. The lowest BCUT2D eigenvalue weighted by molar-refractivity contribution is 0.0786. The molecule has 0 fully saturated rings. The van der Waals surface area contributed by atoms with Crippen molar-refractivity contribution in [2.75, 3.05) is 13.6 Å². The van der Waals surface area contributed by atoms with Crippen LogP contribution in [0.1, 0.15) is 27.1 Å². The van der Waals surface area contributed by atoms with Crippen molar-refractivity contribution in [2.45, 2.75) is 19.5 Å². The number of nitrogens with zero attached hydrogens (tertiary/aromatic N) is 3. The number of hydrogen-bond donors (Lipinski definition) is 1. The number of hydrogen-bond acceptors (Lipinski definition) is 3. The molecule has 4 aromatic rings. The number of aryl methyl sites for hydroxylation is 1. The van der Waals surface area contributed by atoms with E-state index < -0.39 is 11.7 Å². The van der Waals surface area contributed by atoms with Crippen LogP contribution < -0.4 is 5.62 Å². The van der Waals surface area contributed by atoms with Gasteiger partial charge in [-0.1, -0.05) is 41.4 Å². The van der Waals surface area contributed by atoms with Gasteiger partial charge in [-0.2, -0.15) is 0 Å². The van der Waals surface area contributed by atoms with Crippen LogP contribution in [-0.4, -0.2) is 39.3 Å². The minimum atomic E-state index is -0.563. The molecule has 0 spiro atoms. The first-order valence-electron chi connectivity index (χ1n) is 11.0. The van der Waals surface area contributed by atoms with Crippen molar-refractivity contribution in [2.24, 2.45) is 0 Å². The van der Waals surface area contributed by atoms with Gasteiger partial charge >= 0.3 is 0 Å². The summed E-state index contributed by atoms with van der Waals surface area (Å²) in [5.74, 6) is -1.13. The van der Waals surface area contributed by atoms with Gasteiger partial charge in [-0.15, -0.1) is 0 Å². The highest BCUT2D eigenvalue weighted by Gasteiger charge is 2.18. The molecule has 0 unspecified atom stereocenters. The molecule has 0 aliphatic carbocycles. The van der Waals surface area contributed by atoms with E-state index in [4.69, 9.17) is 28.6 Å². The van der Waals surface area contributed by atoms with E-state index in [-0.39, 0.29) is 23.5 Å². The van der Waals surface area contributed by atoms with E-state index in [0.717, 1.165) is 0 Å². The van der Waals surface area contributed by atoms with Crippen LogP contribution in [0.5, 0.6) is 0 Å². The molecule has 35 heavy (non-hydrogen) atoms. The molecule has 6 nitrogen and oxygen atoms in total. The largest absolute Gasteiger partial charge is 0.342 e. The summed E-state index contributed by atoms with van der Waals surface area (Å²) < 4.78 is 17.3. The molecule has 0 saturated carbocycles. The molecule has 1 amide bonds. The average Bonchev–Trinajstić information content (AvgIpc) is 3.11. The van der Waals surface area contributed by atoms with Gasteiger partial charge in [0.05, 0.1) is 28.2 Å². The zero-order valence-electron chi connectivity index (χ0n) is 19.0. The van der Waals surface area contributed by atoms with Crippen LogP contribution in [0.2, 0.25) is 10.0 Å². The van der Waals surface area contributed by atoms with Gasteiger partial charge in [0.25, 0.3) is 5.91 Å². The highest BCUT2D eigenvalue weighted by Crippen LogP contribution is 2.23. The van der Waals surface area contributed by atoms with Gasteiger partial charge in [-0.05, 0) is 55.0 Å². The second kappa shape index (κ2) is 10.5. The van der Waals surface area contributed by atoms with Crippen LogP contribution in [0.4, 0.5) is 4.39 Å². The summed E-state index contributed by atoms with van der Waals surface area (Å²) in [6, 6.07) is 17.8.